The van der Waals surface area contributed by atoms with Crippen LogP contribution in [0.5, 0.6) is 0 Å². The van der Waals surface area contributed by atoms with Gasteiger partial charge in [-0.3, -0.25) is 9.89 Å². The van der Waals surface area contributed by atoms with Crippen molar-refractivity contribution >= 4 is 11.7 Å². The second kappa shape index (κ2) is 4.64. The smallest absolute Gasteiger partial charge is 0.225 e. The largest absolute Gasteiger partial charge is 0.311 e. The summed E-state index contributed by atoms with van der Waals surface area (Å²) in [5, 5.41) is 9.14. The molecule has 2 N–H and O–H groups in total. The van der Waals surface area contributed by atoms with E-state index in [1.165, 1.54) is 0 Å². The molecule has 13 heavy (non-hydrogen) atoms. The number of rotatable bonds is 4. The summed E-state index contributed by atoms with van der Waals surface area (Å²) in [7, 11) is 0. The van der Waals surface area contributed by atoms with Gasteiger partial charge in [-0.1, -0.05) is 20.3 Å². The number of carbonyl (C=O) groups is 1. The van der Waals surface area contributed by atoms with Gasteiger partial charge in [0, 0.05) is 12.5 Å². The van der Waals surface area contributed by atoms with Crippen molar-refractivity contribution in [2.75, 3.05) is 5.32 Å². The van der Waals surface area contributed by atoms with Crippen molar-refractivity contribution in [2.24, 2.45) is 5.92 Å². The Hall–Kier alpha value is -1.32. The molecule has 0 saturated carbocycles. The minimum Gasteiger partial charge on any atom is -0.311 e. The zero-order valence-electron chi connectivity index (χ0n) is 8.00. The lowest BCUT2D eigenvalue weighted by Crippen LogP contribution is -2.14. The van der Waals surface area contributed by atoms with Crippen LogP contribution in [0.3, 0.4) is 0 Å². The first-order chi connectivity index (χ1) is 6.22. The Kier molecular flexibility index (Phi) is 3.49. The maximum Gasteiger partial charge on any atom is 0.225 e. The molecular weight excluding hydrogens is 166 g/mol. The van der Waals surface area contributed by atoms with Gasteiger partial charge in [0.05, 0.1) is 6.20 Å². The van der Waals surface area contributed by atoms with E-state index in [1.807, 2.05) is 0 Å². The molecule has 4 nitrogen and oxygen atoms in total. The van der Waals surface area contributed by atoms with E-state index in [1.54, 1.807) is 12.3 Å². The third-order valence-electron chi connectivity index (χ3n) is 2.01. The summed E-state index contributed by atoms with van der Waals surface area (Å²) in [4.78, 5) is 11.3. The Bertz CT molecular complexity index is 256. The molecule has 72 valence electrons. The van der Waals surface area contributed by atoms with Gasteiger partial charge in [0.25, 0.3) is 0 Å². The fourth-order valence-corrected chi connectivity index (χ4v) is 0.988. The second-order valence-electron chi connectivity index (χ2n) is 3.24. The number of aromatic nitrogens is 2. The Balaban J connectivity index is 2.34. The summed E-state index contributed by atoms with van der Waals surface area (Å²) >= 11 is 0. The molecule has 0 fully saturated rings. The molecule has 1 rings (SSSR count). The lowest BCUT2D eigenvalue weighted by Gasteiger charge is -2.07. The lowest BCUT2D eigenvalue weighted by molar-refractivity contribution is -0.117. The molecule has 1 amide bonds. The third kappa shape index (κ3) is 3.27. The number of nitrogens with one attached hydrogen (secondary N) is 2. The maximum atomic E-state index is 11.3. The number of H-pyrrole nitrogens is 1. The highest BCUT2D eigenvalue weighted by atomic mass is 16.1. The summed E-state index contributed by atoms with van der Waals surface area (Å²) < 4.78 is 0. The summed E-state index contributed by atoms with van der Waals surface area (Å²) in [5.74, 6) is 1.13. The molecular formula is C9H15N3O. The average molecular weight is 181 g/mol. The van der Waals surface area contributed by atoms with E-state index in [0.29, 0.717) is 18.2 Å². The van der Waals surface area contributed by atoms with Crippen molar-refractivity contribution in [3.8, 4) is 0 Å². The van der Waals surface area contributed by atoms with Crippen LogP contribution in [0.2, 0.25) is 0 Å². The number of anilines is 1. The average Bonchev–Trinajstić information content (AvgIpc) is 2.56. The maximum absolute atomic E-state index is 11.3. The molecule has 1 atom stereocenters. The predicted molar refractivity (Wildman–Crippen MR) is 51.3 cm³/mol. The Morgan fingerprint density at radius 1 is 1.77 bits per heavy atom. The molecule has 4 heteroatoms. The van der Waals surface area contributed by atoms with Crippen LogP contribution in [0, 0.1) is 5.92 Å². The molecule has 0 aromatic carbocycles. The monoisotopic (exact) mass is 181 g/mol. The van der Waals surface area contributed by atoms with Crippen LogP contribution < -0.4 is 5.32 Å². The molecule has 0 radical (unpaired) electrons. The molecule has 0 aliphatic heterocycles. The van der Waals surface area contributed by atoms with Gasteiger partial charge in [-0.2, -0.15) is 5.10 Å². The molecule has 1 heterocycles. The van der Waals surface area contributed by atoms with Crippen LogP contribution in [0.1, 0.15) is 26.7 Å². The first-order valence-electron chi connectivity index (χ1n) is 4.51. The van der Waals surface area contributed by atoms with Gasteiger partial charge in [-0.25, -0.2) is 0 Å². The quantitative estimate of drug-likeness (QED) is 0.743. The molecule has 0 aliphatic rings. The van der Waals surface area contributed by atoms with E-state index < -0.39 is 0 Å². The molecule has 1 unspecified atom stereocenters. The highest BCUT2D eigenvalue weighted by molar-refractivity contribution is 5.89. The van der Waals surface area contributed by atoms with Crippen molar-refractivity contribution in [3.63, 3.8) is 0 Å². The number of nitrogens with zero attached hydrogens (tertiary/aromatic N) is 1. The Labute approximate surface area is 77.7 Å². The second-order valence-corrected chi connectivity index (χ2v) is 3.24. The summed E-state index contributed by atoms with van der Waals surface area (Å²) in [6.45, 7) is 4.14. The van der Waals surface area contributed by atoms with Crippen molar-refractivity contribution in [2.45, 2.75) is 26.7 Å². The number of aromatic amines is 1. The Morgan fingerprint density at radius 2 is 2.54 bits per heavy atom. The SMILES string of the molecule is CCC(C)CC(=O)Nc1ccn[nH]1. The zero-order valence-corrected chi connectivity index (χ0v) is 8.00. The van der Waals surface area contributed by atoms with Crippen LogP contribution in [-0.4, -0.2) is 16.1 Å². The molecule has 1 aromatic rings. The minimum absolute atomic E-state index is 0.0404. The minimum atomic E-state index is 0.0404. The summed E-state index contributed by atoms with van der Waals surface area (Å²) in [6.07, 6.45) is 3.20. The van der Waals surface area contributed by atoms with E-state index in [4.69, 9.17) is 0 Å². The number of hydrogen-bond acceptors (Lipinski definition) is 2. The first kappa shape index (κ1) is 9.77. The summed E-state index contributed by atoms with van der Waals surface area (Å²) in [5.41, 5.74) is 0. The first-order valence-corrected chi connectivity index (χ1v) is 4.51. The van der Waals surface area contributed by atoms with Crippen molar-refractivity contribution < 1.29 is 4.79 Å². The van der Waals surface area contributed by atoms with Crippen LogP contribution in [0.25, 0.3) is 0 Å². The van der Waals surface area contributed by atoms with E-state index in [2.05, 4.69) is 29.4 Å². The van der Waals surface area contributed by atoms with Gasteiger partial charge < -0.3 is 5.32 Å². The van der Waals surface area contributed by atoms with E-state index in [0.717, 1.165) is 6.42 Å². The third-order valence-corrected chi connectivity index (χ3v) is 2.01. The van der Waals surface area contributed by atoms with E-state index >= 15 is 0 Å². The zero-order chi connectivity index (χ0) is 9.68. The lowest BCUT2D eigenvalue weighted by atomic mass is 10.1. The molecule has 0 bridgehead atoms. The Morgan fingerprint density at radius 3 is 3.08 bits per heavy atom. The topological polar surface area (TPSA) is 57.8 Å². The van der Waals surface area contributed by atoms with E-state index in [-0.39, 0.29) is 5.91 Å². The van der Waals surface area contributed by atoms with Gasteiger partial charge in [0.15, 0.2) is 0 Å². The van der Waals surface area contributed by atoms with Crippen LogP contribution in [0.15, 0.2) is 12.3 Å². The fraction of sp³-hybridized carbons (Fsp3) is 0.556. The standard InChI is InChI=1S/C9H15N3O/c1-3-7(2)6-9(13)11-8-4-5-10-12-8/h4-5,7H,3,6H2,1-2H3,(H2,10,11,12,13). The van der Waals surface area contributed by atoms with Crippen molar-refractivity contribution in [1.82, 2.24) is 10.2 Å². The number of amides is 1. The van der Waals surface area contributed by atoms with Gasteiger partial charge in [0.2, 0.25) is 5.91 Å². The molecule has 1 aromatic heterocycles. The number of hydrogen-bond donors (Lipinski definition) is 2. The van der Waals surface area contributed by atoms with E-state index in [9.17, 15) is 4.79 Å². The predicted octanol–water partition coefficient (Wildman–Crippen LogP) is 1.78. The molecule has 0 saturated heterocycles. The van der Waals surface area contributed by atoms with Gasteiger partial charge >= 0.3 is 0 Å². The van der Waals surface area contributed by atoms with Crippen LogP contribution >= 0.6 is 0 Å². The highest BCUT2D eigenvalue weighted by Crippen LogP contribution is 2.08. The van der Waals surface area contributed by atoms with Crippen molar-refractivity contribution in [1.29, 1.82) is 0 Å². The fourth-order valence-electron chi connectivity index (χ4n) is 0.988. The molecule has 0 spiro atoms. The van der Waals surface area contributed by atoms with Crippen molar-refractivity contribution in [3.05, 3.63) is 12.3 Å². The summed E-state index contributed by atoms with van der Waals surface area (Å²) in [6, 6.07) is 1.73. The van der Waals surface area contributed by atoms with Crippen LogP contribution in [-0.2, 0) is 4.79 Å². The highest BCUT2D eigenvalue weighted by Gasteiger charge is 2.07. The normalized spacial score (nSPS) is 12.5. The van der Waals surface area contributed by atoms with Gasteiger partial charge in [0.1, 0.15) is 5.82 Å². The van der Waals surface area contributed by atoms with Gasteiger partial charge in [-0.05, 0) is 5.92 Å². The van der Waals surface area contributed by atoms with Gasteiger partial charge in [-0.15, -0.1) is 0 Å². The number of carbonyl (C=O) groups excluding carboxylic acids is 1. The molecule has 0 aliphatic carbocycles. The van der Waals surface area contributed by atoms with Crippen LogP contribution in [0.4, 0.5) is 5.82 Å².